The molecule has 0 saturated carbocycles. The van der Waals surface area contributed by atoms with Crippen LogP contribution in [-0.2, 0) is 14.6 Å². The van der Waals surface area contributed by atoms with E-state index in [1.165, 1.54) is 12.1 Å². The fraction of sp³-hybridized carbons (Fsp3) is 0.438. The van der Waals surface area contributed by atoms with Crippen molar-refractivity contribution in [1.82, 2.24) is 15.3 Å². The van der Waals surface area contributed by atoms with Crippen molar-refractivity contribution < 1.29 is 13.2 Å². The number of rotatable bonds is 6. The number of hydrogen-bond donors (Lipinski definition) is 3. The second-order valence-corrected chi connectivity index (χ2v) is 8.09. The predicted octanol–water partition coefficient (Wildman–Crippen LogP) is 0.603. The van der Waals surface area contributed by atoms with Crippen molar-refractivity contribution in [3.63, 3.8) is 0 Å². The number of aryl methyl sites for hydroxylation is 1. The molecule has 0 radical (unpaired) electrons. The average molecular weight is 367 g/mol. The van der Waals surface area contributed by atoms with Crippen LogP contribution < -0.4 is 16.4 Å². The van der Waals surface area contributed by atoms with Gasteiger partial charge in [-0.2, -0.15) is 0 Å². The van der Waals surface area contributed by atoms with E-state index in [1.54, 1.807) is 6.92 Å². The molecule has 136 valence electrons. The summed E-state index contributed by atoms with van der Waals surface area (Å²) in [4.78, 5) is 39.4. The highest BCUT2D eigenvalue weighted by Crippen LogP contribution is 2.21. The van der Waals surface area contributed by atoms with Crippen molar-refractivity contribution >= 4 is 26.8 Å². The van der Waals surface area contributed by atoms with Gasteiger partial charge in [-0.3, -0.25) is 14.4 Å². The second-order valence-electron chi connectivity index (χ2n) is 6.02. The maximum Gasteiger partial charge on any atom is 0.314 e. The number of H-pyrrole nitrogens is 2. The first-order valence-electron chi connectivity index (χ1n) is 7.93. The third-order valence-electron chi connectivity index (χ3n) is 3.97. The predicted molar refractivity (Wildman–Crippen MR) is 94.5 cm³/mol. The lowest BCUT2D eigenvalue weighted by atomic mass is 10.2. The molecule has 8 nitrogen and oxygen atoms in total. The molecule has 25 heavy (non-hydrogen) atoms. The maximum absolute atomic E-state index is 12.6. The van der Waals surface area contributed by atoms with Gasteiger partial charge in [-0.1, -0.05) is 6.92 Å². The van der Waals surface area contributed by atoms with Gasteiger partial charge in [-0.05, 0) is 38.0 Å². The number of aromatic nitrogens is 2. The van der Waals surface area contributed by atoms with E-state index in [9.17, 15) is 22.8 Å². The van der Waals surface area contributed by atoms with Gasteiger partial charge in [0.2, 0.25) is 5.91 Å². The lowest BCUT2D eigenvalue weighted by Gasteiger charge is -2.12. The Morgan fingerprint density at radius 2 is 1.72 bits per heavy atom. The number of hydrogen-bond acceptors (Lipinski definition) is 5. The lowest BCUT2D eigenvalue weighted by molar-refractivity contribution is -0.121. The molecule has 0 aliphatic rings. The zero-order valence-corrected chi connectivity index (χ0v) is 15.1. The molecule has 0 fully saturated rings. The zero-order valence-electron chi connectivity index (χ0n) is 14.3. The van der Waals surface area contributed by atoms with Crippen LogP contribution in [0.15, 0.2) is 26.6 Å². The molecule has 2 aromatic rings. The van der Waals surface area contributed by atoms with Crippen molar-refractivity contribution in [3.8, 4) is 0 Å². The summed E-state index contributed by atoms with van der Waals surface area (Å²) in [6.45, 7) is 5.36. The first-order valence-corrected chi connectivity index (χ1v) is 9.58. The average Bonchev–Trinajstić information content (AvgIpc) is 2.54. The number of carbonyl (C=O) groups excluding carboxylic acids is 1. The minimum absolute atomic E-state index is 0.0143. The number of fused-ring (bicyclic) bond motifs is 1. The van der Waals surface area contributed by atoms with E-state index in [2.05, 4.69) is 15.3 Å². The van der Waals surface area contributed by atoms with Crippen LogP contribution in [0.25, 0.3) is 11.0 Å². The van der Waals surface area contributed by atoms with E-state index in [-0.39, 0.29) is 34.5 Å². The summed E-state index contributed by atoms with van der Waals surface area (Å²) >= 11 is 0. The minimum Gasteiger partial charge on any atom is -0.354 e. The van der Waals surface area contributed by atoms with Crippen LogP contribution >= 0.6 is 0 Å². The largest absolute Gasteiger partial charge is 0.354 e. The second kappa shape index (κ2) is 7.22. The number of amides is 1. The fourth-order valence-electron chi connectivity index (χ4n) is 2.37. The van der Waals surface area contributed by atoms with E-state index in [0.29, 0.717) is 11.1 Å². The fourth-order valence-corrected chi connectivity index (χ4v) is 3.90. The van der Waals surface area contributed by atoms with Gasteiger partial charge in [-0.25, -0.2) is 8.42 Å². The van der Waals surface area contributed by atoms with Crippen LogP contribution in [0.1, 0.15) is 32.3 Å². The van der Waals surface area contributed by atoms with Gasteiger partial charge in [0.1, 0.15) is 0 Å². The number of carbonyl (C=O) groups is 1. The Kier molecular flexibility index (Phi) is 5.46. The molecule has 1 aromatic carbocycles. The normalized spacial score (nSPS) is 12.9. The number of nitrogens with one attached hydrogen (secondary N) is 3. The van der Waals surface area contributed by atoms with Crippen molar-refractivity contribution in [2.24, 2.45) is 0 Å². The Labute approximate surface area is 144 Å². The summed E-state index contributed by atoms with van der Waals surface area (Å²) in [5.74, 6) is -0.663. The highest BCUT2D eigenvalue weighted by atomic mass is 32.2. The van der Waals surface area contributed by atoms with Crippen molar-refractivity contribution in [1.29, 1.82) is 0 Å². The standard InChI is InChI=1S/C16H21N3O5S/c1-4-10(3)17-14(20)5-6-25(23,24)13-8-12-11(7-9(13)2)18-15(21)16(22)19-12/h7-8,10H,4-6H2,1-3H3,(H,17,20)(H,18,21)(H,19,22). The van der Waals surface area contributed by atoms with E-state index < -0.39 is 21.0 Å². The first-order chi connectivity index (χ1) is 11.6. The molecule has 1 unspecified atom stereocenters. The highest BCUT2D eigenvalue weighted by molar-refractivity contribution is 7.91. The van der Waals surface area contributed by atoms with Gasteiger partial charge < -0.3 is 15.3 Å². The molecule has 0 aliphatic carbocycles. The third-order valence-corrected chi connectivity index (χ3v) is 5.82. The van der Waals surface area contributed by atoms with Gasteiger partial charge in [0.05, 0.1) is 21.7 Å². The van der Waals surface area contributed by atoms with Crippen LogP contribution in [-0.4, -0.2) is 36.1 Å². The molecular formula is C16H21N3O5S. The Morgan fingerprint density at radius 3 is 2.28 bits per heavy atom. The van der Waals surface area contributed by atoms with E-state index in [1.807, 2.05) is 13.8 Å². The smallest absolute Gasteiger partial charge is 0.314 e. The molecule has 3 N–H and O–H groups in total. The van der Waals surface area contributed by atoms with Gasteiger partial charge in [0.15, 0.2) is 9.84 Å². The monoisotopic (exact) mass is 367 g/mol. The van der Waals surface area contributed by atoms with Gasteiger partial charge in [0.25, 0.3) is 0 Å². The zero-order chi connectivity index (χ0) is 18.8. The first kappa shape index (κ1) is 18.9. The van der Waals surface area contributed by atoms with Crippen LogP contribution in [0.4, 0.5) is 0 Å². The summed E-state index contributed by atoms with van der Waals surface area (Å²) in [5, 5.41) is 2.72. The number of aromatic amines is 2. The van der Waals surface area contributed by atoms with Crippen LogP contribution in [0.2, 0.25) is 0 Å². The van der Waals surface area contributed by atoms with E-state index >= 15 is 0 Å². The number of sulfone groups is 1. The van der Waals surface area contributed by atoms with E-state index in [0.717, 1.165) is 6.42 Å². The molecule has 0 spiro atoms. The quantitative estimate of drug-likeness (QED) is 0.644. The molecule has 0 saturated heterocycles. The molecule has 9 heteroatoms. The topological polar surface area (TPSA) is 129 Å². The summed E-state index contributed by atoms with van der Waals surface area (Å²) < 4.78 is 25.1. The van der Waals surface area contributed by atoms with Crippen molar-refractivity contribution in [2.45, 2.75) is 44.6 Å². The molecule has 1 aromatic heterocycles. The summed E-state index contributed by atoms with van der Waals surface area (Å²) in [7, 11) is -3.72. The van der Waals surface area contributed by atoms with Gasteiger partial charge in [0, 0.05) is 12.5 Å². The van der Waals surface area contributed by atoms with Crippen molar-refractivity contribution in [3.05, 3.63) is 38.4 Å². The summed E-state index contributed by atoms with van der Waals surface area (Å²) in [5.41, 5.74) is -0.664. The Hall–Kier alpha value is -2.42. The third kappa shape index (κ3) is 4.36. The van der Waals surface area contributed by atoms with Crippen LogP contribution in [0, 0.1) is 6.92 Å². The molecule has 1 atom stereocenters. The van der Waals surface area contributed by atoms with Crippen LogP contribution in [0.3, 0.4) is 0 Å². The molecule has 1 heterocycles. The Balaban J connectivity index is 2.31. The van der Waals surface area contributed by atoms with E-state index in [4.69, 9.17) is 0 Å². The molecule has 1 amide bonds. The lowest BCUT2D eigenvalue weighted by Crippen LogP contribution is -2.33. The van der Waals surface area contributed by atoms with Gasteiger partial charge in [-0.15, -0.1) is 0 Å². The van der Waals surface area contributed by atoms with Crippen molar-refractivity contribution in [2.75, 3.05) is 5.75 Å². The Morgan fingerprint density at radius 1 is 1.16 bits per heavy atom. The van der Waals surface area contributed by atoms with Crippen LogP contribution in [0.5, 0.6) is 0 Å². The molecule has 2 rings (SSSR count). The highest BCUT2D eigenvalue weighted by Gasteiger charge is 2.20. The molecule has 0 aliphatic heterocycles. The summed E-state index contributed by atoms with van der Waals surface area (Å²) in [6.07, 6.45) is 0.611. The summed E-state index contributed by atoms with van der Waals surface area (Å²) in [6, 6.07) is 2.78. The van der Waals surface area contributed by atoms with Gasteiger partial charge >= 0.3 is 11.1 Å². The molecule has 0 bridgehead atoms. The molecular weight excluding hydrogens is 346 g/mol. The SMILES string of the molecule is CCC(C)NC(=O)CCS(=O)(=O)c1cc2[nH]c(=O)c(=O)[nH]c2cc1C. The maximum atomic E-state index is 12.6. The minimum atomic E-state index is -3.72. The number of benzene rings is 1. The Bertz CT molecular complexity index is 1020.